The minimum absolute atomic E-state index is 0.446. The van der Waals surface area contributed by atoms with Crippen molar-refractivity contribution in [2.75, 3.05) is 19.6 Å². The third kappa shape index (κ3) is 3.96. The van der Waals surface area contributed by atoms with Gasteiger partial charge in [0.05, 0.1) is 0 Å². The summed E-state index contributed by atoms with van der Waals surface area (Å²) in [5, 5.41) is 0.446. The fourth-order valence-corrected chi connectivity index (χ4v) is 3.25. The number of rotatable bonds is 3. The molecule has 0 bridgehead atoms. The van der Waals surface area contributed by atoms with Crippen molar-refractivity contribution >= 4 is 11.6 Å². The highest BCUT2D eigenvalue weighted by Gasteiger charge is 2.18. The lowest BCUT2D eigenvalue weighted by Crippen LogP contribution is -2.27. The lowest BCUT2D eigenvalue weighted by Gasteiger charge is -2.21. The molecule has 2 fully saturated rings. The molecule has 1 atom stereocenters. The molecule has 0 aromatic rings. The van der Waals surface area contributed by atoms with Crippen LogP contribution in [0.4, 0.5) is 0 Å². The van der Waals surface area contributed by atoms with Crippen LogP contribution in [0.25, 0.3) is 0 Å². The second-order valence-electron chi connectivity index (χ2n) is 5.31. The number of hydrogen-bond donors (Lipinski definition) is 0. The number of alkyl halides is 1. The Kier molecular flexibility index (Phi) is 4.77. The molecule has 15 heavy (non-hydrogen) atoms. The van der Waals surface area contributed by atoms with E-state index in [4.69, 9.17) is 11.6 Å². The Hall–Kier alpha value is 0.250. The van der Waals surface area contributed by atoms with Gasteiger partial charge in [0.15, 0.2) is 0 Å². The molecule has 1 aliphatic heterocycles. The summed E-state index contributed by atoms with van der Waals surface area (Å²) >= 11 is 6.19. The predicted molar refractivity (Wildman–Crippen MR) is 66.5 cm³/mol. The Balaban J connectivity index is 1.64. The van der Waals surface area contributed by atoms with Crippen molar-refractivity contribution in [3.63, 3.8) is 0 Å². The summed E-state index contributed by atoms with van der Waals surface area (Å²) in [5.74, 6) is 1.04. The van der Waals surface area contributed by atoms with Crippen LogP contribution in [0.15, 0.2) is 0 Å². The van der Waals surface area contributed by atoms with Gasteiger partial charge in [-0.15, -0.1) is 11.6 Å². The SMILES string of the molecule is ClC1CCCN(CCC2CCCC2)CC1. The van der Waals surface area contributed by atoms with Gasteiger partial charge in [0.1, 0.15) is 0 Å². The molecule has 2 aliphatic rings. The van der Waals surface area contributed by atoms with Crippen LogP contribution in [-0.4, -0.2) is 29.9 Å². The molecule has 2 heteroatoms. The fourth-order valence-electron chi connectivity index (χ4n) is 3.00. The minimum Gasteiger partial charge on any atom is -0.303 e. The Labute approximate surface area is 99.2 Å². The standard InChI is InChI=1S/C13H24ClN/c14-13-6-3-9-15(11-8-13)10-7-12-4-1-2-5-12/h12-13H,1-11H2. The molecule has 1 saturated heterocycles. The second-order valence-corrected chi connectivity index (χ2v) is 5.93. The van der Waals surface area contributed by atoms with Gasteiger partial charge in [0.2, 0.25) is 0 Å². The molecular formula is C13H24ClN. The van der Waals surface area contributed by atoms with Gasteiger partial charge in [-0.05, 0) is 51.2 Å². The smallest absolute Gasteiger partial charge is 0.0348 e. The average Bonchev–Trinajstić information content (AvgIpc) is 2.66. The first-order valence-corrected chi connectivity index (χ1v) is 7.14. The highest BCUT2D eigenvalue weighted by atomic mass is 35.5. The summed E-state index contributed by atoms with van der Waals surface area (Å²) in [4.78, 5) is 2.64. The Morgan fingerprint density at radius 2 is 1.73 bits per heavy atom. The van der Waals surface area contributed by atoms with Gasteiger partial charge in [-0.3, -0.25) is 0 Å². The molecule has 0 aromatic carbocycles. The Morgan fingerprint density at radius 1 is 0.933 bits per heavy atom. The molecule has 88 valence electrons. The van der Waals surface area contributed by atoms with Gasteiger partial charge in [0, 0.05) is 5.38 Å². The van der Waals surface area contributed by atoms with Crippen molar-refractivity contribution in [3.8, 4) is 0 Å². The minimum atomic E-state index is 0.446. The van der Waals surface area contributed by atoms with Crippen LogP contribution in [0.5, 0.6) is 0 Å². The molecule has 0 aromatic heterocycles. The van der Waals surface area contributed by atoms with E-state index in [-0.39, 0.29) is 0 Å². The molecule has 1 nitrogen and oxygen atoms in total. The van der Waals surface area contributed by atoms with E-state index in [9.17, 15) is 0 Å². The molecule has 0 spiro atoms. The lowest BCUT2D eigenvalue weighted by atomic mass is 10.0. The third-order valence-electron chi connectivity index (χ3n) is 4.08. The fraction of sp³-hybridized carbons (Fsp3) is 1.00. The summed E-state index contributed by atoms with van der Waals surface area (Å²) in [6, 6.07) is 0. The summed E-state index contributed by atoms with van der Waals surface area (Å²) in [6.07, 6.45) is 11.1. The van der Waals surface area contributed by atoms with Crippen LogP contribution < -0.4 is 0 Å². The lowest BCUT2D eigenvalue weighted by molar-refractivity contribution is 0.261. The van der Waals surface area contributed by atoms with E-state index < -0.39 is 0 Å². The monoisotopic (exact) mass is 229 g/mol. The van der Waals surface area contributed by atoms with E-state index >= 15 is 0 Å². The molecular weight excluding hydrogens is 206 g/mol. The molecule has 0 radical (unpaired) electrons. The zero-order valence-electron chi connectivity index (χ0n) is 9.76. The normalized spacial score (nSPS) is 30.6. The first kappa shape index (κ1) is 11.7. The number of nitrogens with zero attached hydrogens (tertiary/aromatic N) is 1. The van der Waals surface area contributed by atoms with Gasteiger partial charge < -0.3 is 4.90 Å². The first-order valence-electron chi connectivity index (χ1n) is 6.71. The van der Waals surface area contributed by atoms with Crippen molar-refractivity contribution in [1.82, 2.24) is 4.90 Å². The molecule has 1 unspecified atom stereocenters. The van der Waals surface area contributed by atoms with Crippen molar-refractivity contribution in [2.24, 2.45) is 5.92 Å². The highest BCUT2D eigenvalue weighted by molar-refractivity contribution is 6.20. The molecule has 2 rings (SSSR count). The van der Waals surface area contributed by atoms with Gasteiger partial charge in [-0.2, -0.15) is 0 Å². The maximum atomic E-state index is 6.19. The number of likely N-dealkylation sites (tertiary alicyclic amines) is 1. The van der Waals surface area contributed by atoms with Gasteiger partial charge in [-0.1, -0.05) is 25.7 Å². The van der Waals surface area contributed by atoms with E-state index in [0.717, 1.165) is 5.92 Å². The zero-order valence-corrected chi connectivity index (χ0v) is 10.5. The summed E-state index contributed by atoms with van der Waals surface area (Å²) in [6.45, 7) is 3.85. The topological polar surface area (TPSA) is 3.24 Å². The largest absolute Gasteiger partial charge is 0.303 e. The second kappa shape index (κ2) is 6.10. The van der Waals surface area contributed by atoms with Gasteiger partial charge in [-0.25, -0.2) is 0 Å². The summed E-state index contributed by atoms with van der Waals surface area (Å²) in [5.41, 5.74) is 0. The van der Waals surface area contributed by atoms with E-state index in [1.54, 1.807) is 0 Å². The Bertz CT molecular complexity index is 177. The molecule has 1 saturated carbocycles. The Morgan fingerprint density at radius 3 is 2.53 bits per heavy atom. The first-order chi connectivity index (χ1) is 7.34. The van der Waals surface area contributed by atoms with Crippen molar-refractivity contribution in [3.05, 3.63) is 0 Å². The molecule has 1 heterocycles. The van der Waals surface area contributed by atoms with E-state index in [0.29, 0.717) is 5.38 Å². The molecule has 0 N–H and O–H groups in total. The summed E-state index contributed by atoms with van der Waals surface area (Å²) in [7, 11) is 0. The number of hydrogen-bond acceptors (Lipinski definition) is 1. The van der Waals surface area contributed by atoms with Crippen molar-refractivity contribution in [2.45, 2.75) is 56.7 Å². The van der Waals surface area contributed by atoms with Crippen molar-refractivity contribution < 1.29 is 0 Å². The highest BCUT2D eigenvalue weighted by Crippen LogP contribution is 2.28. The van der Waals surface area contributed by atoms with Crippen LogP contribution in [-0.2, 0) is 0 Å². The average molecular weight is 230 g/mol. The quantitative estimate of drug-likeness (QED) is 0.668. The van der Waals surface area contributed by atoms with E-state index in [1.807, 2.05) is 0 Å². The number of halogens is 1. The van der Waals surface area contributed by atoms with Crippen LogP contribution in [0.3, 0.4) is 0 Å². The zero-order chi connectivity index (χ0) is 10.5. The summed E-state index contributed by atoms with van der Waals surface area (Å²) < 4.78 is 0. The van der Waals surface area contributed by atoms with E-state index in [1.165, 1.54) is 71.0 Å². The van der Waals surface area contributed by atoms with Crippen molar-refractivity contribution in [1.29, 1.82) is 0 Å². The van der Waals surface area contributed by atoms with Crippen LogP contribution in [0, 0.1) is 5.92 Å². The van der Waals surface area contributed by atoms with Gasteiger partial charge >= 0.3 is 0 Å². The van der Waals surface area contributed by atoms with Crippen LogP contribution >= 0.6 is 11.6 Å². The third-order valence-corrected chi connectivity index (χ3v) is 4.52. The van der Waals surface area contributed by atoms with Crippen LogP contribution in [0.1, 0.15) is 51.4 Å². The van der Waals surface area contributed by atoms with Gasteiger partial charge in [0.25, 0.3) is 0 Å². The maximum Gasteiger partial charge on any atom is 0.0348 e. The predicted octanol–water partition coefficient (Wildman–Crippen LogP) is 3.66. The molecule has 1 aliphatic carbocycles. The van der Waals surface area contributed by atoms with E-state index in [2.05, 4.69) is 4.90 Å². The van der Waals surface area contributed by atoms with Crippen LogP contribution in [0.2, 0.25) is 0 Å². The molecule has 0 amide bonds. The maximum absolute atomic E-state index is 6.19.